The van der Waals surface area contributed by atoms with Crippen molar-refractivity contribution in [1.29, 1.82) is 0 Å². The van der Waals surface area contributed by atoms with E-state index in [1.54, 1.807) is 30.6 Å². The first-order valence-corrected chi connectivity index (χ1v) is 7.81. The molecule has 0 saturated heterocycles. The molecule has 4 nitrogen and oxygen atoms in total. The Hall–Kier alpha value is -3.47. The van der Waals surface area contributed by atoms with Gasteiger partial charge in [-0.05, 0) is 53.9 Å². The molecule has 0 spiro atoms. The monoisotopic (exact) mass is 331 g/mol. The lowest BCUT2D eigenvalue weighted by atomic mass is 10.2. The second-order valence-corrected chi connectivity index (χ2v) is 5.58. The second-order valence-electron chi connectivity index (χ2n) is 5.58. The third kappa shape index (κ3) is 2.87. The van der Waals surface area contributed by atoms with Crippen LogP contribution < -0.4 is 10.9 Å². The fourth-order valence-corrected chi connectivity index (χ4v) is 2.74. The number of para-hydroxylation sites is 1. The molecule has 4 aromatic rings. The molecule has 2 aromatic heterocycles. The summed E-state index contributed by atoms with van der Waals surface area (Å²) in [5.74, 6) is 0.149. The molecule has 0 aliphatic rings. The van der Waals surface area contributed by atoms with Gasteiger partial charge < -0.3 is 5.32 Å². The first kappa shape index (κ1) is 15.1. The maximum Gasteiger partial charge on any atom is 0.266 e. The fraction of sp³-hybridized carbons (Fsp3) is 0. The van der Waals surface area contributed by atoms with Crippen LogP contribution in [0.1, 0.15) is 0 Å². The van der Waals surface area contributed by atoms with Crippen molar-refractivity contribution in [3.8, 4) is 5.69 Å². The Morgan fingerprint density at radius 1 is 0.920 bits per heavy atom. The number of halogens is 1. The first-order chi connectivity index (χ1) is 12.2. The minimum Gasteiger partial charge on any atom is -0.340 e. The minimum absolute atomic E-state index is 0.212. The van der Waals surface area contributed by atoms with Crippen molar-refractivity contribution in [2.24, 2.45) is 0 Å². The Morgan fingerprint density at radius 3 is 2.44 bits per heavy atom. The zero-order valence-electron chi connectivity index (χ0n) is 13.2. The van der Waals surface area contributed by atoms with Crippen molar-refractivity contribution in [2.45, 2.75) is 0 Å². The van der Waals surface area contributed by atoms with Crippen molar-refractivity contribution in [2.75, 3.05) is 5.32 Å². The number of hydrogen-bond acceptors (Lipinski definition) is 3. The molecule has 0 bridgehead atoms. The maximum absolute atomic E-state index is 13.2. The molecule has 0 atom stereocenters. The van der Waals surface area contributed by atoms with Gasteiger partial charge in [-0.15, -0.1) is 0 Å². The van der Waals surface area contributed by atoms with Crippen LogP contribution >= 0.6 is 0 Å². The van der Waals surface area contributed by atoms with Crippen LogP contribution in [-0.2, 0) is 0 Å². The van der Waals surface area contributed by atoms with Crippen molar-refractivity contribution in [1.82, 2.24) is 9.55 Å². The van der Waals surface area contributed by atoms with E-state index in [4.69, 9.17) is 0 Å². The van der Waals surface area contributed by atoms with Gasteiger partial charge in [0.05, 0.1) is 5.39 Å². The van der Waals surface area contributed by atoms with Gasteiger partial charge >= 0.3 is 0 Å². The quantitative estimate of drug-likeness (QED) is 0.610. The molecule has 0 aliphatic carbocycles. The SMILES string of the molecule is O=c1c2c(Nc3ccccc3)nccc2ccn1-c1ccc(F)cc1. The molecular weight excluding hydrogens is 317 g/mol. The number of nitrogens with zero attached hydrogens (tertiary/aromatic N) is 2. The highest BCUT2D eigenvalue weighted by molar-refractivity contribution is 5.92. The lowest BCUT2D eigenvalue weighted by Crippen LogP contribution is -2.19. The summed E-state index contributed by atoms with van der Waals surface area (Å²) in [5, 5.41) is 4.46. The Balaban J connectivity index is 1.89. The Bertz CT molecular complexity index is 1090. The van der Waals surface area contributed by atoms with Gasteiger partial charge in [0.25, 0.3) is 5.56 Å². The van der Waals surface area contributed by atoms with Gasteiger partial charge in [-0.1, -0.05) is 18.2 Å². The van der Waals surface area contributed by atoms with Crippen LogP contribution in [0, 0.1) is 5.82 Å². The summed E-state index contributed by atoms with van der Waals surface area (Å²) in [6.07, 6.45) is 3.35. The highest BCUT2D eigenvalue weighted by atomic mass is 19.1. The van der Waals surface area contributed by atoms with Crippen molar-refractivity contribution >= 4 is 22.3 Å². The molecule has 1 N–H and O–H groups in total. The van der Waals surface area contributed by atoms with E-state index in [1.807, 2.05) is 36.4 Å². The average Bonchev–Trinajstić information content (AvgIpc) is 2.64. The smallest absolute Gasteiger partial charge is 0.266 e. The van der Waals surface area contributed by atoms with E-state index in [1.165, 1.54) is 16.7 Å². The molecule has 0 amide bonds. The number of hydrogen-bond donors (Lipinski definition) is 1. The third-order valence-electron chi connectivity index (χ3n) is 3.96. The van der Waals surface area contributed by atoms with Crippen molar-refractivity contribution < 1.29 is 4.39 Å². The van der Waals surface area contributed by atoms with E-state index in [2.05, 4.69) is 10.3 Å². The molecule has 0 radical (unpaired) electrons. The molecule has 0 unspecified atom stereocenters. The predicted molar refractivity (Wildman–Crippen MR) is 97.0 cm³/mol. The van der Waals surface area contributed by atoms with Crippen LogP contribution in [-0.4, -0.2) is 9.55 Å². The lowest BCUT2D eigenvalue weighted by Gasteiger charge is -2.11. The number of pyridine rings is 2. The molecule has 2 heterocycles. The predicted octanol–water partition coefficient (Wildman–Crippen LogP) is 4.27. The molecule has 0 fully saturated rings. The minimum atomic E-state index is -0.342. The molecule has 25 heavy (non-hydrogen) atoms. The van der Waals surface area contributed by atoms with Gasteiger partial charge in [-0.25, -0.2) is 9.37 Å². The topological polar surface area (TPSA) is 46.9 Å². The molecule has 122 valence electrons. The Kier molecular flexibility index (Phi) is 3.74. The number of anilines is 2. The zero-order valence-corrected chi connectivity index (χ0v) is 13.2. The number of nitrogens with one attached hydrogen (secondary N) is 1. The van der Waals surface area contributed by atoms with Gasteiger partial charge in [0.1, 0.15) is 11.6 Å². The molecule has 0 aliphatic heterocycles. The third-order valence-corrected chi connectivity index (χ3v) is 3.96. The summed E-state index contributed by atoms with van der Waals surface area (Å²) in [6, 6.07) is 19.0. The van der Waals surface area contributed by atoms with E-state index in [0.717, 1.165) is 11.1 Å². The van der Waals surface area contributed by atoms with Crippen molar-refractivity contribution in [3.63, 3.8) is 0 Å². The molecule has 5 heteroatoms. The van der Waals surface area contributed by atoms with Gasteiger partial charge in [0.15, 0.2) is 0 Å². The van der Waals surface area contributed by atoms with E-state index in [9.17, 15) is 9.18 Å². The van der Waals surface area contributed by atoms with Crippen LogP contribution in [0.25, 0.3) is 16.5 Å². The number of benzene rings is 2. The number of rotatable bonds is 3. The van der Waals surface area contributed by atoms with E-state index in [0.29, 0.717) is 16.9 Å². The van der Waals surface area contributed by atoms with Crippen LogP contribution in [0.2, 0.25) is 0 Å². The van der Waals surface area contributed by atoms with Gasteiger partial charge in [0, 0.05) is 23.8 Å². The molecule has 4 rings (SSSR count). The van der Waals surface area contributed by atoms with E-state index >= 15 is 0 Å². The van der Waals surface area contributed by atoms with Gasteiger partial charge in [-0.3, -0.25) is 9.36 Å². The van der Waals surface area contributed by atoms with Crippen LogP contribution in [0.15, 0.2) is 83.9 Å². The van der Waals surface area contributed by atoms with E-state index in [-0.39, 0.29) is 11.4 Å². The summed E-state index contributed by atoms with van der Waals surface area (Å²) in [5.41, 5.74) is 1.23. The number of fused-ring (bicyclic) bond motifs is 1. The summed E-state index contributed by atoms with van der Waals surface area (Å²) in [4.78, 5) is 17.3. The van der Waals surface area contributed by atoms with E-state index < -0.39 is 0 Å². The average molecular weight is 331 g/mol. The standard InChI is InChI=1S/C20H14FN3O/c21-15-6-8-17(9-7-15)24-13-11-14-10-12-22-19(18(14)20(24)25)23-16-4-2-1-3-5-16/h1-13H,(H,22,23). The zero-order chi connectivity index (χ0) is 17.2. The summed E-state index contributed by atoms with van der Waals surface area (Å²) >= 11 is 0. The Labute approximate surface area is 143 Å². The molecular formula is C20H14FN3O. The molecule has 0 saturated carbocycles. The largest absolute Gasteiger partial charge is 0.340 e. The van der Waals surface area contributed by atoms with Crippen LogP contribution in [0.3, 0.4) is 0 Å². The van der Waals surface area contributed by atoms with Crippen LogP contribution in [0.5, 0.6) is 0 Å². The number of aromatic nitrogens is 2. The molecule has 2 aromatic carbocycles. The maximum atomic E-state index is 13.2. The van der Waals surface area contributed by atoms with Gasteiger partial charge in [-0.2, -0.15) is 0 Å². The summed E-state index contributed by atoms with van der Waals surface area (Å²) in [7, 11) is 0. The lowest BCUT2D eigenvalue weighted by molar-refractivity contribution is 0.627. The fourth-order valence-electron chi connectivity index (χ4n) is 2.74. The normalized spacial score (nSPS) is 10.8. The Morgan fingerprint density at radius 2 is 1.68 bits per heavy atom. The summed E-state index contributed by atoms with van der Waals surface area (Å²) < 4.78 is 14.6. The second kappa shape index (κ2) is 6.20. The van der Waals surface area contributed by atoms with Crippen molar-refractivity contribution in [3.05, 3.63) is 95.3 Å². The summed E-state index contributed by atoms with van der Waals surface area (Å²) in [6.45, 7) is 0. The van der Waals surface area contributed by atoms with Crippen LogP contribution in [0.4, 0.5) is 15.9 Å². The first-order valence-electron chi connectivity index (χ1n) is 7.81. The highest BCUT2D eigenvalue weighted by Gasteiger charge is 2.10. The highest BCUT2D eigenvalue weighted by Crippen LogP contribution is 2.22. The van der Waals surface area contributed by atoms with Gasteiger partial charge in [0.2, 0.25) is 0 Å².